The van der Waals surface area contributed by atoms with Gasteiger partial charge in [0.05, 0.1) is 10.0 Å². The average molecular weight is 294 g/mol. The highest BCUT2D eigenvalue weighted by molar-refractivity contribution is 7.11. The van der Waals surface area contributed by atoms with Gasteiger partial charge in [-0.3, -0.25) is 0 Å². The Morgan fingerprint density at radius 3 is 2.26 bits per heavy atom. The lowest BCUT2D eigenvalue weighted by Gasteiger charge is -2.21. The number of thiazole rings is 2. The van der Waals surface area contributed by atoms with Gasteiger partial charge >= 0.3 is 0 Å². The summed E-state index contributed by atoms with van der Waals surface area (Å²) in [6.07, 6.45) is 3.04. The van der Waals surface area contributed by atoms with E-state index in [0.29, 0.717) is 0 Å². The summed E-state index contributed by atoms with van der Waals surface area (Å²) in [4.78, 5) is 10.6. The molecule has 0 unspecified atom stereocenters. The molecule has 0 aliphatic heterocycles. The van der Waals surface area contributed by atoms with Crippen LogP contribution in [0.4, 0.5) is 0 Å². The predicted octanol–water partition coefficient (Wildman–Crippen LogP) is 4.73. The fraction of sp³-hybridized carbons (Fsp3) is 0.600. The summed E-state index contributed by atoms with van der Waals surface area (Å²) < 4.78 is 0. The molecule has 104 valence electrons. The van der Waals surface area contributed by atoms with Crippen LogP contribution in [0.5, 0.6) is 0 Å². The lowest BCUT2D eigenvalue weighted by Crippen LogP contribution is -2.19. The minimum absolute atomic E-state index is 0.0839. The van der Waals surface area contributed by atoms with Crippen molar-refractivity contribution >= 4 is 22.7 Å². The summed E-state index contributed by atoms with van der Waals surface area (Å²) in [6.45, 7) is 13.2. The smallest absolute Gasteiger partial charge is 0.0988 e. The molecule has 2 nitrogen and oxygen atoms in total. The molecule has 0 aliphatic carbocycles. The standard InChI is InChI=1S/C15H22N2S2/c1-10-9-18-13(17-10)15(5,6)7-11-8-16-12(19-11)14(2,3)4/h8-9H,7H2,1-6H3. The van der Waals surface area contributed by atoms with Crippen LogP contribution in [0.3, 0.4) is 0 Å². The zero-order chi connectivity index (χ0) is 14.3. The van der Waals surface area contributed by atoms with Crippen molar-refractivity contribution in [1.82, 2.24) is 9.97 Å². The lowest BCUT2D eigenvalue weighted by atomic mass is 9.90. The van der Waals surface area contributed by atoms with E-state index in [9.17, 15) is 0 Å². The Morgan fingerprint density at radius 1 is 1.11 bits per heavy atom. The van der Waals surface area contributed by atoms with E-state index in [2.05, 4.69) is 56.9 Å². The molecule has 0 N–H and O–H groups in total. The zero-order valence-corrected chi connectivity index (χ0v) is 14.2. The molecular weight excluding hydrogens is 272 g/mol. The molecule has 0 fully saturated rings. The van der Waals surface area contributed by atoms with E-state index < -0.39 is 0 Å². The third-order valence-corrected chi connectivity index (χ3v) is 5.76. The number of nitrogens with zero attached hydrogens (tertiary/aromatic N) is 2. The first kappa shape index (κ1) is 14.7. The quantitative estimate of drug-likeness (QED) is 0.818. The Bertz CT molecular complexity index is 559. The lowest BCUT2D eigenvalue weighted by molar-refractivity contribution is 0.522. The minimum Gasteiger partial charge on any atom is -0.249 e. The van der Waals surface area contributed by atoms with Crippen molar-refractivity contribution in [3.05, 3.63) is 32.2 Å². The van der Waals surface area contributed by atoms with Crippen LogP contribution in [-0.4, -0.2) is 9.97 Å². The normalized spacial score (nSPS) is 12.9. The second-order valence-corrected chi connectivity index (χ2v) is 8.71. The number of hydrogen-bond donors (Lipinski definition) is 0. The molecule has 0 aromatic carbocycles. The molecule has 19 heavy (non-hydrogen) atoms. The van der Waals surface area contributed by atoms with Gasteiger partial charge in [-0.25, -0.2) is 9.97 Å². The molecule has 0 aliphatic rings. The SMILES string of the molecule is Cc1csc(C(C)(C)Cc2cnc(C(C)(C)C)s2)n1. The molecule has 0 bridgehead atoms. The number of rotatable bonds is 3. The molecule has 2 heterocycles. The molecule has 2 aromatic rings. The van der Waals surface area contributed by atoms with Gasteiger partial charge in [-0.15, -0.1) is 22.7 Å². The Hall–Kier alpha value is -0.740. The molecule has 2 rings (SSSR count). The molecule has 0 spiro atoms. The van der Waals surface area contributed by atoms with E-state index in [4.69, 9.17) is 0 Å². The average Bonchev–Trinajstić information content (AvgIpc) is 2.85. The third kappa shape index (κ3) is 3.42. The van der Waals surface area contributed by atoms with E-state index in [1.807, 2.05) is 17.5 Å². The van der Waals surface area contributed by atoms with Crippen molar-refractivity contribution in [2.45, 2.75) is 58.8 Å². The monoisotopic (exact) mass is 294 g/mol. The Kier molecular flexibility index (Phi) is 3.85. The molecule has 0 amide bonds. The van der Waals surface area contributed by atoms with Gasteiger partial charge in [0, 0.05) is 33.0 Å². The maximum atomic E-state index is 4.64. The van der Waals surface area contributed by atoms with Crippen molar-refractivity contribution in [2.24, 2.45) is 0 Å². The summed E-state index contributed by atoms with van der Waals surface area (Å²) in [5.74, 6) is 0. The van der Waals surface area contributed by atoms with Crippen molar-refractivity contribution in [3.63, 3.8) is 0 Å². The molecule has 4 heteroatoms. The first-order valence-corrected chi connectivity index (χ1v) is 8.26. The highest BCUT2D eigenvalue weighted by atomic mass is 32.1. The summed E-state index contributed by atoms with van der Waals surface area (Å²) in [5.41, 5.74) is 1.35. The molecule has 2 aromatic heterocycles. The van der Waals surface area contributed by atoms with Gasteiger partial charge in [-0.1, -0.05) is 34.6 Å². The largest absolute Gasteiger partial charge is 0.249 e. The third-order valence-electron chi connectivity index (χ3n) is 3.01. The van der Waals surface area contributed by atoms with Crippen molar-refractivity contribution in [2.75, 3.05) is 0 Å². The fourth-order valence-electron chi connectivity index (χ4n) is 1.91. The zero-order valence-electron chi connectivity index (χ0n) is 12.6. The van der Waals surface area contributed by atoms with Crippen LogP contribution in [-0.2, 0) is 17.3 Å². The molecule has 0 atom stereocenters. The Balaban J connectivity index is 2.18. The second kappa shape index (κ2) is 4.98. The molecule has 0 saturated carbocycles. The first-order valence-electron chi connectivity index (χ1n) is 6.56. The summed E-state index contributed by atoms with van der Waals surface area (Å²) >= 11 is 3.60. The van der Waals surface area contributed by atoms with Gasteiger partial charge in [0.15, 0.2) is 0 Å². The van der Waals surface area contributed by atoms with Crippen LogP contribution < -0.4 is 0 Å². The van der Waals surface area contributed by atoms with Gasteiger partial charge in [-0.05, 0) is 13.3 Å². The maximum absolute atomic E-state index is 4.64. The fourth-order valence-corrected chi connectivity index (χ4v) is 4.03. The van der Waals surface area contributed by atoms with E-state index in [1.54, 1.807) is 11.3 Å². The van der Waals surface area contributed by atoms with Crippen LogP contribution in [0.2, 0.25) is 0 Å². The van der Waals surface area contributed by atoms with Crippen LogP contribution >= 0.6 is 22.7 Å². The van der Waals surface area contributed by atoms with Crippen LogP contribution in [0.25, 0.3) is 0 Å². The summed E-state index contributed by atoms with van der Waals surface area (Å²) in [6, 6.07) is 0. The number of aromatic nitrogens is 2. The Morgan fingerprint density at radius 2 is 1.79 bits per heavy atom. The predicted molar refractivity (Wildman–Crippen MR) is 84.4 cm³/mol. The van der Waals surface area contributed by atoms with E-state index in [-0.39, 0.29) is 10.8 Å². The highest BCUT2D eigenvalue weighted by Crippen LogP contribution is 2.34. The van der Waals surface area contributed by atoms with Crippen molar-refractivity contribution in [1.29, 1.82) is 0 Å². The number of aryl methyl sites for hydroxylation is 1. The maximum Gasteiger partial charge on any atom is 0.0988 e. The van der Waals surface area contributed by atoms with Crippen molar-refractivity contribution < 1.29 is 0 Å². The van der Waals surface area contributed by atoms with E-state index in [1.165, 1.54) is 14.9 Å². The van der Waals surface area contributed by atoms with Gasteiger partial charge < -0.3 is 0 Å². The second-order valence-electron chi connectivity index (χ2n) is 6.74. The minimum atomic E-state index is 0.0839. The van der Waals surface area contributed by atoms with E-state index in [0.717, 1.165) is 12.1 Å². The van der Waals surface area contributed by atoms with Gasteiger partial charge in [0.1, 0.15) is 0 Å². The Labute approximate surface area is 123 Å². The van der Waals surface area contributed by atoms with Crippen LogP contribution in [0.15, 0.2) is 11.6 Å². The van der Waals surface area contributed by atoms with Gasteiger partial charge in [-0.2, -0.15) is 0 Å². The topological polar surface area (TPSA) is 25.8 Å². The summed E-state index contributed by atoms with van der Waals surface area (Å²) in [7, 11) is 0. The van der Waals surface area contributed by atoms with Crippen molar-refractivity contribution in [3.8, 4) is 0 Å². The number of hydrogen-bond acceptors (Lipinski definition) is 4. The van der Waals surface area contributed by atoms with E-state index >= 15 is 0 Å². The highest BCUT2D eigenvalue weighted by Gasteiger charge is 2.26. The molecule has 0 radical (unpaired) electrons. The van der Waals surface area contributed by atoms with Crippen LogP contribution in [0, 0.1) is 6.92 Å². The van der Waals surface area contributed by atoms with Gasteiger partial charge in [0.2, 0.25) is 0 Å². The molecule has 0 saturated heterocycles. The molecular formula is C15H22N2S2. The van der Waals surface area contributed by atoms with Crippen LogP contribution in [0.1, 0.15) is 55.2 Å². The van der Waals surface area contributed by atoms with Gasteiger partial charge in [0.25, 0.3) is 0 Å². The first-order chi connectivity index (χ1) is 8.68. The summed E-state index contributed by atoms with van der Waals surface area (Å²) in [5, 5.41) is 4.56.